The Morgan fingerprint density at radius 3 is 2.74 bits per heavy atom. The second kappa shape index (κ2) is 6.85. The molecular weight excluding hydrogens is 349 g/mol. The highest BCUT2D eigenvalue weighted by atomic mass is 19.1. The summed E-state index contributed by atoms with van der Waals surface area (Å²) in [4.78, 5) is 28.1. The molecule has 1 aliphatic rings. The fourth-order valence-corrected chi connectivity index (χ4v) is 3.51. The number of hydrogen-bond acceptors (Lipinski definition) is 4. The van der Waals surface area contributed by atoms with Gasteiger partial charge in [0.1, 0.15) is 11.4 Å². The van der Waals surface area contributed by atoms with Crippen LogP contribution in [-0.2, 0) is 0 Å². The Morgan fingerprint density at radius 1 is 1.22 bits per heavy atom. The lowest BCUT2D eigenvalue weighted by molar-refractivity contribution is 0.0695. The lowest BCUT2D eigenvalue weighted by Gasteiger charge is -2.35. The third kappa shape index (κ3) is 3.17. The Hall–Kier alpha value is -3.19. The Morgan fingerprint density at radius 2 is 2.00 bits per heavy atom. The Bertz CT molecular complexity index is 1070. The smallest absolute Gasteiger partial charge is 0.341 e. The van der Waals surface area contributed by atoms with Crippen molar-refractivity contribution >= 4 is 22.6 Å². The average Bonchev–Trinajstić information content (AvgIpc) is 2.69. The monoisotopic (exact) mass is 367 g/mol. The molecule has 27 heavy (non-hydrogen) atoms. The summed E-state index contributed by atoms with van der Waals surface area (Å²) in [6.07, 6.45) is 1.15. The number of benzene rings is 2. The van der Waals surface area contributed by atoms with Gasteiger partial charge in [0.15, 0.2) is 0 Å². The number of carboxylic acids is 1. The predicted octanol–water partition coefficient (Wildman–Crippen LogP) is 2.52. The second-order valence-electron chi connectivity index (χ2n) is 6.55. The first-order valence-corrected chi connectivity index (χ1v) is 8.66. The van der Waals surface area contributed by atoms with E-state index in [9.17, 15) is 14.0 Å². The van der Waals surface area contributed by atoms with Crippen LogP contribution in [0.3, 0.4) is 0 Å². The average molecular weight is 367 g/mol. The second-order valence-corrected chi connectivity index (χ2v) is 6.55. The number of piperazine rings is 1. The van der Waals surface area contributed by atoms with Crippen molar-refractivity contribution in [2.45, 2.75) is 6.04 Å². The van der Waals surface area contributed by atoms with E-state index in [4.69, 9.17) is 5.11 Å². The molecule has 1 aromatic heterocycles. The number of rotatable bonds is 3. The van der Waals surface area contributed by atoms with Crippen LogP contribution in [0.25, 0.3) is 10.9 Å². The number of halogens is 1. The number of H-pyrrole nitrogens is 1. The van der Waals surface area contributed by atoms with Gasteiger partial charge in [0.05, 0.1) is 11.2 Å². The number of nitrogens with one attached hydrogen (secondary N) is 2. The van der Waals surface area contributed by atoms with E-state index in [2.05, 4.69) is 10.3 Å². The maximum Gasteiger partial charge on any atom is 0.341 e. The van der Waals surface area contributed by atoms with Crippen LogP contribution in [0.2, 0.25) is 0 Å². The van der Waals surface area contributed by atoms with Gasteiger partial charge in [-0.1, -0.05) is 30.3 Å². The molecule has 4 rings (SSSR count). The van der Waals surface area contributed by atoms with Crippen LogP contribution >= 0.6 is 0 Å². The van der Waals surface area contributed by atoms with Gasteiger partial charge < -0.3 is 20.3 Å². The van der Waals surface area contributed by atoms with Crippen molar-refractivity contribution in [3.63, 3.8) is 0 Å². The summed E-state index contributed by atoms with van der Waals surface area (Å²) in [5.74, 6) is -1.88. The molecule has 138 valence electrons. The van der Waals surface area contributed by atoms with Crippen molar-refractivity contribution < 1.29 is 14.3 Å². The van der Waals surface area contributed by atoms with Gasteiger partial charge in [0.2, 0.25) is 5.43 Å². The molecule has 0 aliphatic carbocycles. The van der Waals surface area contributed by atoms with Gasteiger partial charge in [-0.2, -0.15) is 0 Å². The molecule has 6 nitrogen and oxygen atoms in total. The Kier molecular flexibility index (Phi) is 4.37. The molecule has 2 heterocycles. The van der Waals surface area contributed by atoms with Crippen LogP contribution in [-0.4, -0.2) is 35.7 Å². The minimum absolute atomic E-state index is 0.0332. The van der Waals surface area contributed by atoms with E-state index in [1.807, 2.05) is 35.2 Å². The van der Waals surface area contributed by atoms with Crippen molar-refractivity contribution in [2.24, 2.45) is 0 Å². The number of carbonyl (C=O) groups is 1. The van der Waals surface area contributed by atoms with E-state index in [1.165, 1.54) is 0 Å². The summed E-state index contributed by atoms with van der Waals surface area (Å²) in [6, 6.07) is 12.7. The number of aromatic carboxylic acids is 1. The van der Waals surface area contributed by atoms with Crippen LogP contribution in [0.1, 0.15) is 22.0 Å². The quantitative estimate of drug-likeness (QED) is 0.662. The molecule has 1 saturated heterocycles. The Labute approximate surface area is 154 Å². The highest BCUT2D eigenvalue weighted by Gasteiger charge is 2.24. The molecule has 0 radical (unpaired) electrons. The van der Waals surface area contributed by atoms with Gasteiger partial charge in [-0.25, -0.2) is 9.18 Å². The molecule has 3 N–H and O–H groups in total. The summed E-state index contributed by atoms with van der Waals surface area (Å²) in [5.41, 5.74) is 0.841. The zero-order valence-corrected chi connectivity index (χ0v) is 14.4. The highest BCUT2D eigenvalue weighted by molar-refractivity contribution is 5.93. The molecule has 1 aliphatic heterocycles. The highest BCUT2D eigenvalue weighted by Crippen LogP contribution is 2.27. The number of carboxylic acid groups (broad SMARTS) is 1. The standard InChI is InChI=1S/C20H18FN3O3/c21-15-8-13-16(23-10-14(19(13)25)20(26)27)9-18(15)24-7-6-22-17(11-24)12-4-2-1-3-5-12/h1-5,8-10,17,22H,6-7,11H2,(H,23,25)(H,26,27). The summed E-state index contributed by atoms with van der Waals surface area (Å²) in [7, 11) is 0. The number of aromatic amines is 1. The van der Waals surface area contributed by atoms with E-state index >= 15 is 0 Å². The van der Waals surface area contributed by atoms with Crippen LogP contribution < -0.4 is 15.6 Å². The number of hydrogen-bond donors (Lipinski definition) is 3. The molecule has 0 bridgehead atoms. The summed E-state index contributed by atoms with van der Waals surface area (Å²) >= 11 is 0. The Balaban J connectivity index is 1.71. The number of aromatic nitrogens is 1. The van der Waals surface area contributed by atoms with Gasteiger partial charge in [0.25, 0.3) is 0 Å². The third-order valence-electron chi connectivity index (χ3n) is 4.90. The lowest BCUT2D eigenvalue weighted by atomic mass is 10.0. The van der Waals surface area contributed by atoms with Crippen LogP contribution in [0.15, 0.2) is 53.5 Å². The zero-order chi connectivity index (χ0) is 19.0. The largest absolute Gasteiger partial charge is 0.477 e. The van der Waals surface area contributed by atoms with E-state index in [-0.39, 0.29) is 11.4 Å². The molecule has 7 heteroatoms. The molecular formula is C20H18FN3O3. The molecule has 1 unspecified atom stereocenters. The predicted molar refractivity (Wildman–Crippen MR) is 101 cm³/mol. The summed E-state index contributed by atoms with van der Waals surface area (Å²) in [5, 5.41) is 12.5. The maximum atomic E-state index is 14.8. The summed E-state index contributed by atoms with van der Waals surface area (Å²) < 4.78 is 14.8. The lowest BCUT2D eigenvalue weighted by Crippen LogP contribution is -2.46. The SMILES string of the molecule is O=C(O)c1c[nH]c2cc(N3CCNC(c4ccccc4)C3)c(F)cc2c1=O. The van der Waals surface area contributed by atoms with Crippen molar-refractivity contribution in [1.29, 1.82) is 0 Å². The normalized spacial score (nSPS) is 17.2. The first kappa shape index (κ1) is 17.2. The van der Waals surface area contributed by atoms with E-state index < -0.39 is 22.8 Å². The van der Waals surface area contributed by atoms with E-state index in [0.29, 0.717) is 30.8 Å². The van der Waals surface area contributed by atoms with Gasteiger partial charge in [0, 0.05) is 37.3 Å². The van der Waals surface area contributed by atoms with Crippen molar-refractivity contribution in [2.75, 3.05) is 24.5 Å². The molecule has 1 fully saturated rings. The molecule has 1 atom stereocenters. The molecule has 0 spiro atoms. The van der Waals surface area contributed by atoms with Crippen molar-refractivity contribution in [1.82, 2.24) is 10.3 Å². The van der Waals surface area contributed by atoms with E-state index in [1.54, 1.807) is 6.07 Å². The molecule has 0 saturated carbocycles. The summed E-state index contributed by atoms with van der Waals surface area (Å²) in [6.45, 7) is 1.92. The van der Waals surface area contributed by atoms with Crippen molar-refractivity contribution in [3.05, 3.63) is 75.8 Å². The van der Waals surface area contributed by atoms with Crippen LogP contribution in [0.4, 0.5) is 10.1 Å². The topological polar surface area (TPSA) is 85.4 Å². The van der Waals surface area contributed by atoms with Gasteiger partial charge >= 0.3 is 5.97 Å². The molecule has 3 aromatic rings. The van der Waals surface area contributed by atoms with Crippen LogP contribution in [0, 0.1) is 5.82 Å². The maximum absolute atomic E-state index is 14.8. The molecule has 2 aromatic carbocycles. The first-order chi connectivity index (χ1) is 13.0. The number of nitrogens with zero attached hydrogens (tertiary/aromatic N) is 1. The first-order valence-electron chi connectivity index (χ1n) is 8.66. The minimum atomic E-state index is -1.34. The molecule has 0 amide bonds. The minimum Gasteiger partial charge on any atom is -0.477 e. The fraction of sp³-hybridized carbons (Fsp3) is 0.200. The van der Waals surface area contributed by atoms with Gasteiger partial charge in [-0.3, -0.25) is 4.79 Å². The van der Waals surface area contributed by atoms with Crippen molar-refractivity contribution in [3.8, 4) is 0 Å². The van der Waals surface area contributed by atoms with Crippen LogP contribution in [0.5, 0.6) is 0 Å². The number of anilines is 1. The number of pyridine rings is 1. The van der Waals surface area contributed by atoms with Gasteiger partial charge in [-0.15, -0.1) is 0 Å². The third-order valence-corrected chi connectivity index (χ3v) is 4.90. The zero-order valence-electron chi connectivity index (χ0n) is 14.4. The fourth-order valence-electron chi connectivity index (χ4n) is 3.51. The van der Waals surface area contributed by atoms with E-state index in [0.717, 1.165) is 17.8 Å². The number of fused-ring (bicyclic) bond motifs is 1. The van der Waals surface area contributed by atoms with Gasteiger partial charge in [-0.05, 0) is 17.7 Å².